The fourth-order valence-electron chi connectivity index (χ4n) is 5.36. The second kappa shape index (κ2) is 9.16. The summed E-state index contributed by atoms with van der Waals surface area (Å²) in [4.78, 5) is 26.9. The fourth-order valence-corrected chi connectivity index (χ4v) is 5.36. The second-order valence-electron chi connectivity index (χ2n) is 9.76. The molecule has 7 nitrogen and oxygen atoms in total. The zero-order valence-corrected chi connectivity index (χ0v) is 19.1. The smallest absolute Gasteiger partial charge is 0.255 e. The van der Waals surface area contributed by atoms with Gasteiger partial charge in [-0.3, -0.25) is 9.59 Å². The molecule has 0 saturated carbocycles. The Hall–Kier alpha value is -2.29. The first-order chi connectivity index (χ1) is 15.9. The molecule has 1 aromatic rings. The number of carbonyl (C=O) groups excluding carboxylic acids is 2. The summed E-state index contributed by atoms with van der Waals surface area (Å²) >= 11 is 0. The van der Waals surface area contributed by atoms with E-state index in [0.29, 0.717) is 60.2 Å². The summed E-state index contributed by atoms with van der Waals surface area (Å²) in [5.41, 5.74) is 1.95. The lowest BCUT2D eigenvalue weighted by molar-refractivity contribution is -0.126. The first kappa shape index (κ1) is 22.5. The predicted octanol–water partition coefficient (Wildman–Crippen LogP) is 2.29. The van der Waals surface area contributed by atoms with Crippen LogP contribution in [0.2, 0.25) is 0 Å². The van der Waals surface area contributed by atoms with Gasteiger partial charge in [0, 0.05) is 47.9 Å². The van der Waals surface area contributed by atoms with Crippen molar-refractivity contribution in [3.05, 3.63) is 46.9 Å². The van der Waals surface area contributed by atoms with E-state index in [1.807, 2.05) is 0 Å². The molecule has 0 aliphatic carbocycles. The predicted molar refractivity (Wildman–Crippen MR) is 120 cm³/mol. The Labute approximate surface area is 193 Å². The molecule has 0 aromatic heterocycles. The molecule has 4 aliphatic heterocycles. The number of carbonyl (C=O) groups is 2. The maximum absolute atomic E-state index is 15.6. The van der Waals surface area contributed by atoms with Gasteiger partial charge < -0.3 is 25.0 Å². The van der Waals surface area contributed by atoms with Gasteiger partial charge in [0.05, 0.1) is 25.9 Å². The summed E-state index contributed by atoms with van der Waals surface area (Å²) in [7, 11) is 0. The van der Waals surface area contributed by atoms with E-state index in [9.17, 15) is 9.59 Å². The van der Waals surface area contributed by atoms with Gasteiger partial charge in [0.1, 0.15) is 11.9 Å². The molecule has 3 saturated heterocycles. The summed E-state index contributed by atoms with van der Waals surface area (Å²) in [5.74, 6) is -0.371. The molecule has 33 heavy (non-hydrogen) atoms. The molecule has 178 valence electrons. The number of benzene rings is 1. The average Bonchev–Trinajstić information content (AvgIpc) is 3.07. The van der Waals surface area contributed by atoms with Crippen LogP contribution in [0.1, 0.15) is 54.1 Å². The summed E-state index contributed by atoms with van der Waals surface area (Å²) in [6, 6.07) is 3.29. The molecule has 2 N–H and O–H groups in total. The quantitative estimate of drug-likeness (QED) is 0.685. The highest BCUT2D eigenvalue weighted by Crippen LogP contribution is 2.32. The minimum absolute atomic E-state index is 0.115. The summed E-state index contributed by atoms with van der Waals surface area (Å²) in [6.45, 7) is 8.31. The molecule has 2 amide bonds. The van der Waals surface area contributed by atoms with Crippen LogP contribution in [0.5, 0.6) is 0 Å². The maximum Gasteiger partial charge on any atom is 0.255 e. The Balaban J connectivity index is 1.30. The number of ether oxygens (including phenoxy) is 2. The second-order valence-corrected chi connectivity index (χ2v) is 9.76. The molecule has 8 heteroatoms. The lowest BCUT2D eigenvalue weighted by Crippen LogP contribution is -2.54. The van der Waals surface area contributed by atoms with Gasteiger partial charge in [-0.15, -0.1) is 0 Å². The summed E-state index contributed by atoms with van der Waals surface area (Å²) in [5, 5.41) is 6.41. The maximum atomic E-state index is 15.6. The highest BCUT2D eigenvalue weighted by molar-refractivity contribution is 6.01. The molecule has 5 rings (SSSR count). The van der Waals surface area contributed by atoms with Crippen molar-refractivity contribution in [3.8, 4) is 0 Å². The van der Waals surface area contributed by atoms with Crippen LogP contribution in [-0.2, 0) is 27.2 Å². The standard InChI is InChI=1S/C25H32FN3O4/c1-14-5-8-21(24(30)27-14)29-11-19-18(25(29)31)7-6-16(23(19)26)10-22-20(4-3-9-33-22)28-15(2)17-12-32-13-17/h6-7,15,17,20-22,28H,1,3-5,8-13H2,2H3,(H,27,30)/t15-,20+,21?,22-/m1/s1. The minimum atomic E-state index is -0.592. The van der Waals surface area contributed by atoms with Gasteiger partial charge in [-0.2, -0.15) is 0 Å². The fraction of sp³-hybridized carbons (Fsp3) is 0.600. The lowest BCUT2D eigenvalue weighted by atomic mass is 9.92. The van der Waals surface area contributed by atoms with Crippen LogP contribution in [-0.4, -0.2) is 60.8 Å². The van der Waals surface area contributed by atoms with E-state index in [0.717, 1.165) is 26.1 Å². The number of fused-ring (bicyclic) bond motifs is 1. The third-order valence-corrected chi connectivity index (χ3v) is 7.55. The molecule has 0 spiro atoms. The van der Waals surface area contributed by atoms with Crippen molar-refractivity contribution in [2.75, 3.05) is 19.8 Å². The summed E-state index contributed by atoms with van der Waals surface area (Å²) in [6.07, 6.45) is 3.41. The van der Waals surface area contributed by atoms with E-state index in [2.05, 4.69) is 24.1 Å². The Morgan fingerprint density at radius 1 is 1.30 bits per heavy atom. The molecule has 0 bridgehead atoms. The van der Waals surface area contributed by atoms with Gasteiger partial charge in [-0.1, -0.05) is 12.6 Å². The molecule has 0 radical (unpaired) electrons. The van der Waals surface area contributed by atoms with Gasteiger partial charge in [0.2, 0.25) is 5.91 Å². The topological polar surface area (TPSA) is 79.9 Å². The minimum Gasteiger partial charge on any atom is -0.381 e. The molecular weight excluding hydrogens is 425 g/mol. The first-order valence-electron chi connectivity index (χ1n) is 12.0. The Bertz CT molecular complexity index is 963. The number of amides is 2. The third kappa shape index (κ3) is 4.32. The SMILES string of the molecule is C=C1CCC(N2Cc3c(ccc(C[C@H]4OCCC[C@@H]4N[C@H](C)C4COC4)c3F)C2=O)C(=O)N1. The number of halogens is 1. The van der Waals surface area contributed by atoms with Crippen LogP contribution in [0.3, 0.4) is 0 Å². The number of rotatable bonds is 6. The third-order valence-electron chi connectivity index (χ3n) is 7.55. The van der Waals surface area contributed by atoms with Gasteiger partial charge in [-0.05, 0) is 44.2 Å². The zero-order chi connectivity index (χ0) is 23.1. The number of piperidine rings is 1. The van der Waals surface area contributed by atoms with E-state index in [1.165, 1.54) is 4.90 Å². The number of hydrogen-bond donors (Lipinski definition) is 2. The lowest BCUT2D eigenvalue weighted by Gasteiger charge is -2.39. The van der Waals surface area contributed by atoms with Crippen molar-refractivity contribution in [3.63, 3.8) is 0 Å². The van der Waals surface area contributed by atoms with Crippen molar-refractivity contribution >= 4 is 11.8 Å². The van der Waals surface area contributed by atoms with Gasteiger partial charge in [0.25, 0.3) is 5.91 Å². The van der Waals surface area contributed by atoms with Crippen molar-refractivity contribution in [2.24, 2.45) is 5.92 Å². The normalized spacial score (nSPS) is 29.0. The average molecular weight is 458 g/mol. The molecule has 3 fully saturated rings. The highest BCUT2D eigenvalue weighted by atomic mass is 19.1. The van der Waals surface area contributed by atoms with E-state index in [4.69, 9.17) is 9.47 Å². The highest BCUT2D eigenvalue weighted by Gasteiger charge is 2.40. The van der Waals surface area contributed by atoms with Crippen LogP contribution in [0.15, 0.2) is 24.4 Å². The molecular formula is C25H32FN3O4. The Morgan fingerprint density at radius 3 is 2.85 bits per heavy atom. The van der Waals surface area contributed by atoms with E-state index < -0.39 is 6.04 Å². The zero-order valence-electron chi connectivity index (χ0n) is 19.1. The molecule has 4 heterocycles. The van der Waals surface area contributed by atoms with Gasteiger partial charge in [0.15, 0.2) is 0 Å². The number of nitrogens with one attached hydrogen (secondary N) is 2. The monoisotopic (exact) mass is 457 g/mol. The number of nitrogens with zero attached hydrogens (tertiary/aromatic N) is 1. The van der Waals surface area contributed by atoms with Crippen LogP contribution >= 0.6 is 0 Å². The van der Waals surface area contributed by atoms with Crippen molar-refractivity contribution in [1.29, 1.82) is 0 Å². The number of hydrogen-bond acceptors (Lipinski definition) is 5. The van der Waals surface area contributed by atoms with E-state index in [1.54, 1.807) is 12.1 Å². The van der Waals surface area contributed by atoms with Crippen LogP contribution in [0, 0.1) is 11.7 Å². The van der Waals surface area contributed by atoms with Crippen molar-refractivity contribution in [2.45, 2.75) is 69.8 Å². The molecule has 1 aromatic carbocycles. The largest absolute Gasteiger partial charge is 0.381 e. The first-order valence-corrected chi connectivity index (χ1v) is 12.0. The number of allylic oxidation sites excluding steroid dienone is 1. The summed E-state index contributed by atoms with van der Waals surface area (Å²) < 4.78 is 27.0. The van der Waals surface area contributed by atoms with Crippen LogP contribution < -0.4 is 10.6 Å². The molecule has 4 aliphatic rings. The van der Waals surface area contributed by atoms with E-state index >= 15 is 4.39 Å². The van der Waals surface area contributed by atoms with Crippen LogP contribution in [0.4, 0.5) is 4.39 Å². The Kier molecular flexibility index (Phi) is 6.24. The Morgan fingerprint density at radius 2 is 2.12 bits per heavy atom. The van der Waals surface area contributed by atoms with Crippen LogP contribution in [0.25, 0.3) is 0 Å². The van der Waals surface area contributed by atoms with Crippen molar-refractivity contribution < 1.29 is 23.5 Å². The van der Waals surface area contributed by atoms with Gasteiger partial charge in [-0.25, -0.2) is 4.39 Å². The van der Waals surface area contributed by atoms with E-state index in [-0.39, 0.29) is 36.3 Å². The van der Waals surface area contributed by atoms with Gasteiger partial charge >= 0.3 is 0 Å². The molecule has 1 unspecified atom stereocenters. The van der Waals surface area contributed by atoms with Crippen molar-refractivity contribution in [1.82, 2.24) is 15.5 Å². The molecule has 4 atom stereocenters.